The molecule has 1 atom stereocenters. The Kier molecular flexibility index (Phi) is 5.00. The molecule has 0 radical (unpaired) electrons. The van der Waals surface area contributed by atoms with Crippen LogP contribution >= 0.6 is 11.6 Å². The molecule has 0 N–H and O–H groups in total. The van der Waals surface area contributed by atoms with Crippen molar-refractivity contribution in [3.63, 3.8) is 0 Å². The molecule has 0 fully saturated rings. The summed E-state index contributed by atoms with van der Waals surface area (Å²) >= 11 is 6.03. The molecule has 0 aliphatic carbocycles. The van der Waals surface area contributed by atoms with E-state index in [0.29, 0.717) is 11.0 Å². The fraction of sp³-hybridized carbons (Fsp3) is 0.667. The van der Waals surface area contributed by atoms with Crippen LogP contribution < -0.4 is 4.74 Å². The number of nitrogens with zero attached hydrogens (tertiary/aromatic N) is 2. The number of hydrogen-bond donors (Lipinski definition) is 0. The Balaban J connectivity index is 2.89. The SMILES string of the molecule is CCCC(C)Oc1nc(CC)nc(Cl)c1C. The fourth-order valence-electron chi connectivity index (χ4n) is 1.44. The topological polar surface area (TPSA) is 35.0 Å². The first-order valence-corrected chi connectivity index (χ1v) is 6.15. The lowest BCUT2D eigenvalue weighted by atomic mass is 10.2. The molecular weight excluding hydrogens is 224 g/mol. The highest BCUT2D eigenvalue weighted by molar-refractivity contribution is 6.30. The van der Waals surface area contributed by atoms with Gasteiger partial charge in [0.25, 0.3) is 0 Å². The van der Waals surface area contributed by atoms with Crippen LogP contribution in [0.25, 0.3) is 0 Å². The Morgan fingerprint density at radius 3 is 2.56 bits per heavy atom. The zero-order chi connectivity index (χ0) is 12.1. The van der Waals surface area contributed by atoms with Crippen molar-refractivity contribution in [3.8, 4) is 5.88 Å². The van der Waals surface area contributed by atoms with Crippen LogP contribution in [-0.2, 0) is 6.42 Å². The fourth-order valence-corrected chi connectivity index (χ4v) is 1.62. The molecule has 1 heterocycles. The summed E-state index contributed by atoms with van der Waals surface area (Å²) in [6.45, 7) is 8.07. The van der Waals surface area contributed by atoms with Crippen LogP contribution in [0.15, 0.2) is 0 Å². The van der Waals surface area contributed by atoms with Crippen molar-refractivity contribution in [2.75, 3.05) is 0 Å². The van der Waals surface area contributed by atoms with Gasteiger partial charge in [-0.3, -0.25) is 0 Å². The van der Waals surface area contributed by atoms with Crippen molar-refractivity contribution in [1.29, 1.82) is 0 Å². The summed E-state index contributed by atoms with van der Waals surface area (Å²) in [7, 11) is 0. The molecule has 0 spiro atoms. The van der Waals surface area contributed by atoms with E-state index in [-0.39, 0.29) is 6.10 Å². The third-order valence-electron chi connectivity index (χ3n) is 2.41. The zero-order valence-electron chi connectivity index (χ0n) is 10.4. The highest BCUT2D eigenvalue weighted by Gasteiger charge is 2.12. The smallest absolute Gasteiger partial charge is 0.221 e. The molecule has 4 heteroatoms. The lowest BCUT2D eigenvalue weighted by Crippen LogP contribution is -2.14. The third-order valence-corrected chi connectivity index (χ3v) is 2.78. The van der Waals surface area contributed by atoms with Gasteiger partial charge in [0.15, 0.2) is 0 Å². The van der Waals surface area contributed by atoms with E-state index in [1.807, 2.05) is 20.8 Å². The summed E-state index contributed by atoms with van der Waals surface area (Å²) in [6, 6.07) is 0. The van der Waals surface area contributed by atoms with E-state index in [0.717, 1.165) is 30.7 Å². The monoisotopic (exact) mass is 242 g/mol. The van der Waals surface area contributed by atoms with Crippen molar-refractivity contribution in [1.82, 2.24) is 9.97 Å². The van der Waals surface area contributed by atoms with Gasteiger partial charge in [-0.05, 0) is 20.3 Å². The Morgan fingerprint density at radius 1 is 1.31 bits per heavy atom. The average molecular weight is 243 g/mol. The van der Waals surface area contributed by atoms with Crippen LogP contribution in [0, 0.1) is 6.92 Å². The van der Waals surface area contributed by atoms with E-state index in [2.05, 4.69) is 16.9 Å². The molecule has 1 aromatic heterocycles. The minimum absolute atomic E-state index is 0.166. The minimum atomic E-state index is 0.166. The summed E-state index contributed by atoms with van der Waals surface area (Å²) in [6.07, 6.45) is 3.04. The number of aryl methyl sites for hydroxylation is 1. The van der Waals surface area contributed by atoms with E-state index in [1.54, 1.807) is 0 Å². The summed E-state index contributed by atoms with van der Waals surface area (Å²) in [5.41, 5.74) is 0.821. The zero-order valence-corrected chi connectivity index (χ0v) is 11.1. The maximum atomic E-state index is 6.03. The highest BCUT2D eigenvalue weighted by Crippen LogP contribution is 2.23. The molecular formula is C12H19ClN2O. The Bertz CT molecular complexity index is 355. The van der Waals surface area contributed by atoms with Gasteiger partial charge in [0.1, 0.15) is 11.0 Å². The predicted molar refractivity (Wildman–Crippen MR) is 66.2 cm³/mol. The quantitative estimate of drug-likeness (QED) is 0.741. The molecule has 3 nitrogen and oxygen atoms in total. The number of hydrogen-bond acceptors (Lipinski definition) is 3. The van der Waals surface area contributed by atoms with E-state index < -0.39 is 0 Å². The average Bonchev–Trinajstić information content (AvgIpc) is 2.24. The van der Waals surface area contributed by atoms with Gasteiger partial charge in [-0.15, -0.1) is 0 Å². The maximum Gasteiger partial charge on any atom is 0.221 e. The van der Waals surface area contributed by atoms with E-state index in [4.69, 9.17) is 16.3 Å². The molecule has 1 unspecified atom stereocenters. The van der Waals surface area contributed by atoms with Gasteiger partial charge in [-0.1, -0.05) is 31.9 Å². The first kappa shape index (κ1) is 13.2. The second-order valence-corrected chi connectivity index (χ2v) is 4.29. The van der Waals surface area contributed by atoms with Crippen LogP contribution in [0.2, 0.25) is 5.15 Å². The molecule has 0 aliphatic rings. The van der Waals surface area contributed by atoms with Crippen LogP contribution in [0.4, 0.5) is 0 Å². The van der Waals surface area contributed by atoms with Crippen molar-refractivity contribution >= 4 is 11.6 Å². The first-order chi connectivity index (χ1) is 7.58. The molecule has 16 heavy (non-hydrogen) atoms. The second kappa shape index (κ2) is 6.04. The van der Waals surface area contributed by atoms with Gasteiger partial charge in [0, 0.05) is 12.0 Å². The third kappa shape index (κ3) is 3.34. The molecule has 0 aliphatic heterocycles. The normalized spacial score (nSPS) is 12.6. The highest BCUT2D eigenvalue weighted by atomic mass is 35.5. The number of aromatic nitrogens is 2. The Hall–Kier alpha value is -0.830. The molecule has 0 aromatic carbocycles. The molecule has 1 rings (SSSR count). The number of rotatable bonds is 5. The summed E-state index contributed by atoms with van der Waals surface area (Å²) in [4.78, 5) is 8.54. The van der Waals surface area contributed by atoms with Crippen LogP contribution in [0.1, 0.15) is 45.0 Å². The molecule has 0 amide bonds. The van der Waals surface area contributed by atoms with Gasteiger partial charge in [-0.25, -0.2) is 4.98 Å². The first-order valence-electron chi connectivity index (χ1n) is 5.78. The lowest BCUT2D eigenvalue weighted by Gasteiger charge is -2.15. The molecule has 0 saturated carbocycles. The number of ether oxygens (including phenoxy) is 1. The maximum absolute atomic E-state index is 6.03. The molecule has 0 bridgehead atoms. The second-order valence-electron chi connectivity index (χ2n) is 3.93. The molecule has 90 valence electrons. The van der Waals surface area contributed by atoms with Gasteiger partial charge < -0.3 is 4.74 Å². The van der Waals surface area contributed by atoms with Gasteiger partial charge in [0.2, 0.25) is 5.88 Å². The van der Waals surface area contributed by atoms with E-state index in [1.165, 1.54) is 0 Å². The van der Waals surface area contributed by atoms with Gasteiger partial charge >= 0.3 is 0 Å². The Morgan fingerprint density at radius 2 is 2.00 bits per heavy atom. The van der Waals surface area contributed by atoms with Crippen LogP contribution in [-0.4, -0.2) is 16.1 Å². The molecule has 1 aromatic rings. The van der Waals surface area contributed by atoms with Gasteiger partial charge in [0.05, 0.1) is 6.10 Å². The summed E-state index contributed by atoms with van der Waals surface area (Å²) in [5.74, 6) is 1.35. The summed E-state index contributed by atoms with van der Waals surface area (Å²) < 4.78 is 5.77. The van der Waals surface area contributed by atoms with E-state index >= 15 is 0 Å². The van der Waals surface area contributed by atoms with Crippen LogP contribution in [0.5, 0.6) is 5.88 Å². The molecule has 0 saturated heterocycles. The van der Waals surface area contributed by atoms with E-state index in [9.17, 15) is 0 Å². The summed E-state index contributed by atoms with van der Waals surface area (Å²) in [5, 5.41) is 0.491. The van der Waals surface area contributed by atoms with Gasteiger partial charge in [-0.2, -0.15) is 4.98 Å². The predicted octanol–water partition coefficient (Wildman–Crippen LogP) is 3.57. The minimum Gasteiger partial charge on any atom is -0.474 e. The standard InChI is InChI=1S/C12H19ClN2O/c1-5-7-8(3)16-12-9(4)11(13)14-10(6-2)15-12/h8H,5-7H2,1-4H3. The van der Waals surface area contributed by atoms with Crippen molar-refractivity contribution in [3.05, 3.63) is 16.5 Å². The lowest BCUT2D eigenvalue weighted by molar-refractivity contribution is 0.199. The van der Waals surface area contributed by atoms with Crippen molar-refractivity contribution in [2.24, 2.45) is 0 Å². The van der Waals surface area contributed by atoms with Crippen molar-refractivity contribution in [2.45, 2.75) is 53.1 Å². The van der Waals surface area contributed by atoms with Crippen molar-refractivity contribution < 1.29 is 4.74 Å². The largest absolute Gasteiger partial charge is 0.474 e. The number of halogens is 1. The van der Waals surface area contributed by atoms with Crippen LogP contribution in [0.3, 0.4) is 0 Å². The Labute approximate surface area is 102 Å².